The van der Waals surface area contributed by atoms with Gasteiger partial charge in [0, 0.05) is 18.3 Å². The number of rotatable bonds is 1. The van der Waals surface area contributed by atoms with E-state index in [1.54, 1.807) is 4.42 Å². The van der Waals surface area contributed by atoms with E-state index in [4.69, 9.17) is 16.5 Å². The lowest BCUT2D eigenvalue weighted by Crippen LogP contribution is -2.32. The van der Waals surface area contributed by atoms with Gasteiger partial charge in [-0.15, -0.1) is 0 Å². The van der Waals surface area contributed by atoms with Gasteiger partial charge in [0.2, 0.25) is 0 Å². The fraction of sp³-hybridized carbons (Fsp3) is 0.389. The summed E-state index contributed by atoms with van der Waals surface area (Å²) in [7, 11) is 0. The lowest BCUT2D eigenvalue weighted by Gasteiger charge is -2.32. The van der Waals surface area contributed by atoms with Gasteiger partial charge in [-0.1, -0.05) is 30.3 Å². The average molecular weight is 318 g/mol. The van der Waals surface area contributed by atoms with E-state index in [1.165, 1.54) is 0 Å². The van der Waals surface area contributed by atoms with Crippen molar-refractivity contribution in [3.05, 3.63) is 42.0 Å². The third kappa shape index (κ3) is 2.78. The van der Waals surface area contributed by atoms with Gasteiger partial charge in [-0.2, -0.15) is 0 Å². The van der Waals surface area contributed by atoms with Crippen LogP contribution in [0.4, 0.5) is 5.69 Å². The second kappa shape index (κ2) is 5.47. The van der Waals surface area contributed by atoms with E-state index in [2.05, 4.69) is 6.07 Å². The molecule has 2 aromatic carbocycles. The van der Waals surface area contributed by atoms with E-state index >= 15 is 0 Å². The second-order valence-electron chi connectivity index (χ2n) is 6.68. The number of nitrogens with zero attached hydrogens (tertiary/aromatic N) is 1. The number of esters is 1. The van der Waals surface area contributed by atoms with Gasteiger partial charge >= 0.3 is 5.97 Å². The third-order valence-electron chi connectivity index (χ3n) is 3.86. The molecule has 0 aromatic heterocycles. The van der Waals surface area contributed by atoms with Gasteiger partial charge in [-0.3, -0.25) is 9.21 Å². The zero-order chi connectivity index (χ0) is 15.9. The molecule has 0 saturated carbocycles. The van der Waals surface area contributed by atoms with Crippen LogP contribution in [0.2, 0.25) is 0 Å². The quantitative estimate of drug-likeness (QED) is 0.567. The van der Waals surface area contributed by atoms with Crippen LogP contribution in [0.3, 0.4) is 0 Å². The average Bonchev–Trinajstić information content (AvgIpc) is 2.45. The molecule has 0 N–H and O–H groups in total. The molecule has 3 rings (SSSR count). The highest BCUT2D eigenvalue weighted by Gasteiger charge is 2.34. The van der Waals surface area contributed by atoms with E-state index in [1.807, 2.05) is 51.1 Å². The van der Waals surface area contributed by atoms with Crippen molar-refractivity contribution in [2.24, 2.45) is 0 Å². The highest BCUT2D eigenvalue weighted by Crippen LogP contribution is 2.42. The van der Waals surface area contributed by atoms with Gasteiger partial charge in [-0.05, 0) is 49.6 Å². The number of hydrogen-bond donors (Lipinski definition) is 0. The molecule has 0 fully saturated rings. The molecule has 0 bridgehead atoms. The van der Waals surface area contributed by atoms with Crippen LogP contribution in [0.5, 0.6) is 0 Å². The minimum absolute atomic E-state index is 0.171. The number of hydrogen-bond acceptors (Lipinski definition) is 3. The number of carbonyl (C=O) groups is 1. The van der Waals surface area contributed by atoms with Gasteiger partial charge in [0.1, 0.15) is 5.60 Å². The maximum atomic E-state index is 12.6. The lowest BCUT2D eigenvalue weighted by atomic mass is 9.87. The number of benzene rings is 2. The Bertz CT molecular complexity index is 721. The third-order valence-corrected chi connectivity index (χ3v) is 4.21. The first-order valence-corrected chi connectivity index (χ1v) is 7.88. The maximum Gasteiger partial charge on any atom is 0.314 e. The zero-order valence-corrected chi connectivity index (χ0v) is 13.9. The normalized spacial score (nSPS) is 18.2. The molecule has 0 saturated heterocycles. The van der Waals surface area contributed by atoms with Crippen LogP contribution >= 0.6 is 11.8 Å². The Balaban J connectivity index is 2.12. The number of ether oxygens (including phenoxy) is 1. The maximum absolute atomic E-state index is 12.6. The first-order chi connectivity index (χ1) is 10.4. The molecule has 1 heterocycles. The first-order valence-electron chi connectivity index (χ1n) is 7.54. The summed E-state index contributed by atoms with van der Waals surface area (Å²) in [6.07, 6.45) is 0.666. The minimum Gasteiger partial charge on any atom is -0.459 e. The van der Waals surface area contributed by atoms with Gasteiger partial charge < -0.3 is 4.74 Å². The standard InChI is InChI=1S/C18H20ClNO2/c1-18(2,3)22-17(21)14-10-11-20(19)15-9-8-12-6-4-5-7-13(12)16(14)15/h4-9,14H,10-11H2,1-3H3. The van der Waals surface area contributed by atoms with Crippen molar-refractivity contribution < 1.29 is 9.53 Å². The summed E-state index contributed by atoms with van der Waals surface area (Å²) in [5, 5.41) is 2.18. The second-order valence-corrected chi connectivity index (χ2v) is 7.09. The number of fused-ring (bicyclic) bond motifs is 3. The molecule has 0 radical (unpaired) electrons. The Morgan fingerprint density at radius 1 is 1.23 bits per heavy atom. The molecule has 3 nitrogen and oxygen atoms in total. The molecule has 1 aliphatic heterocycles. The van der Waals surface area contributed by atoms with Gasteiger partial charge in [-0.25, -0.2) is 0 Å². The predicted molar refractivity (Wildman–Crippen MR) is 90.4 cm³/mol. The van der Waals surface area contributed by atoms with Crippen LogP contribution in [0.25, 0.3) is 10.8 Å². The summed E-state index contributed by atoms with van der Waals surface area (Å²) in [4.78, 5) is 12.6. The summed E-state index contributed by atoms with van der Waals surface area (Å²) in [5.74, 6) is -0.440. The molecular formula is C18H20ClNO2. The van der Waals surface area contributed by atoms with Gasteiger partial charge in [0.15, 0.2) is 0 Å². The molecule has 0 amide bonds. The number of halogens is 1. The molecule has 0 aliphatic carbocycles. The molecular weight excluding hydrogens is 298 g/mol. The minimum atomic E-state index is -0.486. The molecule has 1 atom stereocenters. The molecule has 0 spiro atoms. The van der Waals surface area contributed by atoms with E-state index in [-0.39, 0.29) is 11.9 Å². The van der Waals surface area contributed by atoms with E-state index in [0.717, 1.165) is 22.0 Å². The van der Waals surface area contributed by atoms with Crippen molar-refractivity contribution in [3.8, 4) is 0 Å². The van der Waals surface area contributed by atoms with Crippen LogP contribution in [-0.2, 0) is 9.53 Å². The highest BCUT2D eigenvalue weighted by molar-refractivity contribution is 6.26. The molecule has 1 unspecified atom stereocenters. The smallest absolute Gasteiger partial charge is 0.314 e. The Kier molecular flexibility index (Phi) is 3.77. The Labute approximate surface area is 135 Å². The summed E-state index contributed by atoms with van der Waals surface area (Å²) in [6.45, 7) is 6.32. The van der Waals surface area contributed by atoms with Crippen LogP contribution in [-0.4, -0.2) is 18.1 Å². The van der Waals surface area contributed by atoms with Crippen LogP contribution in [0.15, 0.2) is 36.4 Å². The van der Waals surface area contributed by atoms with Gasteiger partial charge in [0.25, 0.3) is 0 Å². The summed E-state index contributed by atoms with van der Waals surface area (Å²) >= 11 is 6.33. The van der Waals surface area contributed by atoms with E-state index in [9.17, 15) is 4.79 Å². The number of carbonyl (C=O) groups excluding carboxylic acids is 1. The molecule has 2 aromatic rings. The summed E-state index contributed by atoms with van der Waals surface area (Å²) in [6, 6.07) is 12.1. The van der Waals surface area contributed by atoms with E-state index in [0.29, 0.717) is 13.0 Å². The molecule has 116 valence electrons. The van der Waals surface area contributed by atoms with Crippen molar-refractivity contribution in [2.75, 3.05) is 11.0 Å². The first kappa shape index (κ1) is 15.2. The van der Waals surface area contributed by atoms with Crippen molar-refractivity contribution in [3.63, 3.8) is 0 Å². The predicted octanol–water partition coefficient (Wildman–Crippen LogP) is 4.63. The topological polar surface area (TPSA) is 29.5 Å². The summed E-state index contributed by atoms with van der Waals surface area (Å²) < 4.78 is 7.31. The fourth-order valence-corrected chi connectivity index (χ4v) is 3.22. The van der Waals surface area contributed by atoms with Gasteiger partial charge in [0.05, 0.1) is 11.6 Å². The lowest BCUT2D eigenvalue weighted by molar-refractivity contribution is -0.156. The van der Waals surface area contributed by atoms with Crippen LogP contribution < -0.4 is 4.42 Å². The van der Waals surface area contributed by atoms with Crippen molar-refractivity contribution in [1.29, 1.82) is 0 Å². The fourth-order valence-electron chi connectivity index (χ4n) is 2.98. The SMILES string of the molecule is CC(C)(C)OC(=O)C1CCN(Cl)c2ccc3ccccc3c21. The monoisotopic (exact) mass is 317 g/mol. The molecule has 22 heavy (non-hydrogen) atoms. The largest absolute Gasteiger partial charge is 0.459 e. The Morgan fingerprint density at radius 2 is 1.95 bits per heavy atom. The number of anilines is 1. The molecule has 1 aliphatic rings. The van der Waals surface area contributed by atoms with Crippen LogP contribution in [0, 0.1) is 0 Å². The Hall–Kier alpha value is -1.74. The highest BCUT2D eigenvalue weighted by atomic mass is 35.5. The van der Waals surface area contributed by atoms with Crippen LogP contribution in [0.1, 0.15) is 38.7 Å². The van der Waals surface area contributed by atoms with E-state index < -0.39 is 5.60 Å². The van der Waals surface area contributed by atoms with Crippen molar-refractivity contribution >= 4 is 34.2 Å². The van der Waals surface area contributed by atoms with Crippen molar-refractivity contribution in [2.45, 2.75) is 38.7 Å². The Morgan fingerprint density at radius 3 is 2.68 bits per heavy atom. The zero-order valence-electron chi connectivity index (χ0n) is 13.1. The molecule has 4 heteroatoms. The van der Waals surface area contributed by atoms with Crippen molar-refractivity contribution in [1.82, 2.24) is 0 Å². The summed E-state index contributed by atoms with van der Waals surface area (Å²) in [5.41, 5.74) is 1.40.